The lowest BCUT2D eigenvalue weighted by Crippen LogP contribution is -2.15. The molecule has 4 rings (SSSR count). The number of nitrogens with one attached hydrogen (secondary N) is 1. The van der Waals surface area contributed by atoms with Gasteiger partial charge in [0.05, 0.1) is 18.2 Å². The second-order valence-electron chi connectivity index (χ2n) is 6.83. The quantitative estimate of drug-likeness (QED) is 0.642. The minimum atomic E-state index is -0.337. The van der Waals surface area contributed by atoms with Crippen LogP contribution in [-0.2, 0) is 19.5 Å². The van der Waals surface area contributed by atoms with Gasteiger partial charge in [0.25, 0.3) is 0 Å². The molecule has 3 aromatic rings. The second kappa shape index (κ2) is 8.25. The average Bonchev–Trinajstić information content (AvgIpc) is 2.93. The minimum absolute atomic E-state index is 0.337. The van der Waals surface area contributed by atoms with Gasteiger partial charge in [-0.2, -0.15) is 0 Å². The van der Waals surface area contributed by atoms with Gasteiger partial charge < -0.3 is 19.2 Å². The Morgan fingerprint density at radius 1 is 1.04 bits per heavy atom. The molecule has 2 aromatic carbocycles. The van der Waals surface area contributed by atoms with E-state index in [-0.39, 0.29) is 5.63 Å². The summed E-state index contributed by atoms with van der Waals surface area (Å²) in [5.41, 5.74) is 3.34. The lowest BCUT2D eigenvalue weighted by atomic mass is 10.1. The summed E-state index contributed by atoms with van der Waals surface area (Å²) in [7, 11) is 0. The molecule has 0 radical (unpaired) electrons. The zero-order valence-corrected chi connectivity index (χ0v) is 16.5. The van der Waals surface area contributed by atoms with E-state index in [0.717, 1.165) is 34.9 Å². The molecule has 2 heterocycles. The molecule has 0 bridgehead atoms. The monoisotopic (exact) mass is 399 g/mol. The summed E-state index contributed by atoms with van der Waals surface area (Å²) in [4.78, 5) is 11.9. The summed E-state index contributed by atoms with van der Waals surface area (Å²) in [6.07, 6.45) is 1.73. The molecule has 6 heteroatoms. The Bertz CT molecular complexity index is 1060. The summed E-state index contributed by atoms with van der Waals surface area (Å²) < 4.78 is 16.8. The van der Waals surface area contributed by atoms with E-state index in [9.17, 15) is 4.79 Å². The van der Waals surface area contributed by atoms with Gasteiger partial charge in [0.1, 0.15) is 5.58 Å². The summed E-state index contributed by atoms with van der Waals surface area (Å²) >= 11 is 6.36. The largest absolute Gasteiger partial charge is 0.489 e. The molecule has 1 aliphatic rings. The van der Waals surface area contributed by atoms with Gasteiger partial charge in [-0.05, 0) is 41.3 Å². The molecule has 1 aliphatic heterocycles. The van der Waals surface area contributed by atoms with Crippen molar-refractivity contribution in [1.82, 2.24) is 5.32 Å². The molecule has 5 nitrogen and oxygen atoms in total. The smallest absolute Gasteiger partial charge is 0.336 e. The number of rotatable bonds is 5. The Labute approximate surface area is 168 Å². The number of benzene rings is 2. The van der Waals surface area contributed by atoms with Crippen LogP contribution in [0.5, 0.6) is 11.5 Å². The van der Waals surface area contributed by atoms with E-state index in [1.807, 2.05) is 24.3 Å². The summed E-state index contributed by atoms with van der Waals surface area (Å²) in [5.74, 6) is 1.29. The zero-order chi connectivity index (χ0) is 19.5. The number of hydrogen-bond acceptors (Lipinski definition) is 5. The van der Waals surface area contributed by atoms with Crippen molar-refractivity contribution in [3.05, 3.63) is 68.5 Å². The third-order valence-electron chi connectivity index (χ3n) is 4.81. The van der Waals surface area contributed by atoms with Crippen LogP contribution in [0.15, 0.2) is 45.6 Å². The third-order valence-corrected chi connectivity index (χ3v) is 5.09. The standard InChI is InChI=1S/C22H22ClNO4/c1-2-14-4-5-17-16(11-21(25)28-19(17)9-14)13-24-12-15-8-18(23)22-20(10-15)26-6-3-7-27-22/h4-5,8-11,24H,2-3,6-7,12-13H2,1H3. The molecule has 0 saturated carbocycles. The van der Waals surface area contributed by atoms with Crippen LogP contribution >= 0.6 is 11.6 Å². The molecule has 0 spiro atoms. The second-order valence-corrected chi connectivity index (χ2v) is 7.24. The molecular weight excluding hydrogens is 378 g/mol. The number of ether oxygens (including phenoxy) is 2. The van der Waals surface area contributed by atoms with Crippen molar-refractivity contribution in [2.24, 2.45) is 0 Å². The van der Waals surface area contributed by atoms with Crippen LogP contribution < -0.4 is 20.4 Å². The fourth-order valence-electron chi connectivity index (χ4n) is 3.37. The van der Waals surface area contributed by atoms with Crippen LogP contribution in [0.25, 0.3) is 11.0 Å². The Kier molecular flexibility index (Phi) is 5.55. The highest BCUT2D eigenvalue weighted by Gasteiger charge is 2.15. The van der Waals surface area contributed by atoms with Gasteiger partial charge in [0, 0.05) is 31.0 Å². The fourth-order valence-corrected chi connectivity index (χ4v) is 3.66. The molecule has 0 fully saturated rings. The Morgan fingerprint density at radius 3 is 2.75 bits per heavy atom. The first-order valence-electron chi connectivity index (χ1n) is 9.48. The maximum atomic E-state index is 11.9. The number of halogens is 1. The average molecular weight is 400 g/mol. The first-order valence-corrected chi connectivity index (χ1v) is 9.86. The highest BCUT2D eigenvalue weighted by atomic mass is 35.5. The molecule has 0 unspecified atom stereocenters. The van der Waals surface area contributed by atoms with Crippen molar-refractivity contribution in [3.8, 4) is 11.5 Å². The van der Waals surface area contributed by atoms with Gasteiger partial charge in [-0.25, -0.2) is 4.79 Å². The van der Waals surface area contributed by atoms with Gasteiger partial charge in [0.15, 0.2) is 11.5 Å². The molecular formula is C22H22ClNO4. The SMILES string of the molecule is CCc1ccc2c(CNCc3cc(Cl)c4c(c3)OCCCO4)cc(=O)oc2c1. The Morgan fingerprint density at radius 2 is 1.89 bits per heavy atom. The Balaban J connectivity index is 1.52. The molecule has 0 aliphatic carbocycles. The van der Waals surface area contributed by atoms with E-state index in [1.165, 1.54) is 0 Å². The van der Waals surface area contributed by atoms with E-state index >= 15 is 0 Å². The summed E-state index contributed by atoms with van der Waals surface area (Å²) in [6, 6.07) is 11.4. The van der Waals surface area contributed by atoms with E-state index in [4.69, 9.17) is 25.5 Å². The first-order chi connectivity index (χ1) is 13.6. The molecule has 1 aromatic heterocycles. The zero-order valence-electron chi connectivity index (χ0n) is 15.7. The van der Waals surface area contributed by atoms with Crippen molar-refractivity contribution < 1.29 is 13.9 Å². The lowest BCUT2D eigenvalue weighted by molar-refractivity contribution is 0.297. The van der Waals surface area contributed by atoms with Crippen molar-refractivity contribution in [1.29, 1.82) is 0 Å². The van der Waals surface area contributed by atoms with Crippen molar-refractivity contribution in [2.45, 2.75) is 32.9 Å². The first kappa shape index (κ1) is 18.8. The van der Waals surface area contributed by atoms with Crippen LogP contribution in [0, 0.1) is 0 Å². The van der Waals surface area contributed by atoms with Crippen molar-refractivity contribution in [3.63, 3.8) is 0 Å². The van der Waals surface area contributed by atoms with Gasteiger partial charge in [0.2, 0.25) is 0 Å². The molecule has 1 N–H and O–H groups in total. The topological polar surface area (TPSA) is 60.7 Å². The van der Waals surface area contributed by atoms with Crippen molar-refractivity contribution in [2.75, 3.05) is 13.2 Å². The third kappa shape index (κ3) is 4.01. The predicted octanol–water partition coefficient (Wildman–Crippen LogP) is 4.46. The molecule has 0 amide bonds. The number of aryl methyl sites for hydroxylation is 1. The van der Waals surface area contributed by atoms with Gasteiger partial charge >= 0.3 is 5.63 Å². The number of hydrogen-bond donors (Lipinski definition) is 1. The van der Waals surface area contributed by atoms with Crippen LogP contribution in [0.2, 0.25) is 5.02 Å². The van der Waals surface area contributed by atoms with Crippen LogP contribution in [0.4, 0.5) is 0 Å². The van der Waals surface area contributed by atoms with E-state index in [2.05, 4.69) is 18.3 Å². The number of fused-ring (bicyclic) bond motifs is 2. The normalized spacial score (nSPS) is 13.5. The minimum Gasteiger partial charge on any atom is -0.489 e. The lowest BCUT2D eigenvalue weighted by Gasteiger charge is -2.12. The highest BCUT2D eigenvalue weighted by molar-refractivity contribution is 6.32. The predicted molar refractivity (Wildman–Crippen MR) is 109 cm³/mol. The molecule has 0 saturated heterocycles. The maximum Gasteiger partial charge on any atom is 0.336 e. The Hall–Kier alpha value is -2.50. The van der Waals surface area contributed by atoms with Crippen LogP contribution in [0.1, 0.15) is 30.0 Å². The van der Waals surface area contributed by atoms with Gasteiger partial charge in [-0.3, -0.25) is 0 Å². The molecule has 28 heavy (non-hydrogen) atoms. The fraction of sp³-hybridized carbons (Fsp3) is 0.318. The summed E-state index contributed by atoms with van der Waals surface area (Å²) in [6.45, 7) is 4.43. The van der Waals surface area contributed by atoms with Gasteiger partial charge in [-0.15, -0.1) is 0 Å². The van der Waals surface area contributed by atoms with Gasteiger partial charge in [-0.1, -0.05) is 30.7 Å². The molecule has 146 valence electrons. The summed E-state index contributed by atoms with van der Waals surface area (Å²) in [5, 5.41) is 4.88. The highest BCUT2D eigenvalue weighted by Crippen LogP contribution is 2.38. The van der Waals surface area contributed by atoms with E-state index in [0.29, 0.717) is 48.4 Å². The molecule has 0 atom stereocenters. The van der Waals surface area contributed by atoms with Crippen molar-refractivity contribution >= 4 is 22.6 Å². The van der Waals surface area contributed by atoms with E-state index < -0.39 is 0 Å². The van der Waals surface area contributed by atoms with Crippen LogP contribution in [0.3, 0.4) is 0 Å². The maximum absolute atomic E-state index is 11.9. The van der Waals surface area contributed by atoms with E-state index in [1.54, 1.807) is 6.07 Å². The van der Waals surface area contributed by atoms with Crippen LogP contribution in [-0.4, -0.2) is 13.2 Å².